The first kappa shape index (κ1) is 17.5. The SMILES string of the molecule is O=C1NC2(CCN(C(=O)c3ccc(Cn4cccn4)o3)CC2)Oc2ccccc21. The van der Waals surface area contributed by atoms with Crippen molar-refractivity contribution in [3.05, 3.63) is 71.9 Å². The first-order valence-corrected chi connectivity index (χ1v) is 9.58. The molecule has 2 aliphatic heterocycles. The van der Waals surface area contributed by atoms with Crippen LogP contribution in [0.5, 0.6) is 5.75 Å². The Morgan fingerprint density at radius 1 is 1.14 bits per heavy atom. The van der Waals surface area contributed by atoms with Crippen molar-refractivity contribution in [2.24, 2.45) is 0 Å². The summed E-state index contributed by atoms with van der Waals surface area (Å²) in [4.78, 5) is 27.0. The largest absolute Gasteiger partial charge is 0.467 e. The number of hydrogen-bond acceptors (Lipinski definition) is 5. The lowest BCUT2D eigenvalue weighted by atomic mass is 9.96. The third-order valence-corrected chi connectivity index (χ3v) is 5.39. The fourth-order valence-corrected chi connectivity index (χ4v) is 3.84. The zero-order valence-electron chi connectivity index (χ0n) is 15.7. The number of benzene rings is 1. The zero-order valence-corrected chi connectivity index (χ0v) is 15.7. The van der Waals surface area contributed by atoms with E-state index in [-0.39, 0.29) is 11.8 Å². The Hall–Kier alpha value is -3.55. The first-order valence-electron chi connectivity index (χ1n) is 9.58. The van der Waals surface area contributed by atoms with Gasteiger partial charge in [0.1, 0.15) is 11.5 Å². The highest BCUT2D eigenvalue weighted by molar-refractivity contribution is 5.98. The Morgan fingerprint density at radius 3 is 2.76 bits per heavy atom. The summed E-state index contributed by atoms with van der Waals surface area (Å²) in [6, 6.07) is 12.5. The third-order valence-electron chi connectivity index (χ3n) is 5.39. The molecule has 1 fully saturated rings. The molecule has 8 heteroatoms. The Balaban J connectivity index is 1.25. The van der Waals surface area contributed by atoms with Gasteiger partial charge in [-0.05, 0) is 30.3 Å². The van der Waals surface area contributed by atoms with Crippen molar-refractivity contribution >= 4 is 11.8 Å². The predicted octanol–water partition coefficient (Wildman–Crippen LogP) is 2.28. The van der Waals surface area contributed by atoms with Gasteiger partial charge in [-0.3, -0.25) is 14.3 Å². The van der Waals surface area contributed by atoms with Crippen molar-refractivity contribution in [2.75, 3.05) is 13.1 Å². The average Bonchev–Trinajstić information content (AvgIpc) is 3.41. The Bertz CT molecular complexity index is 1050. The molecule has 0 radical (unpaired) electrons. The van der Waals surface area contributed by atoms with E-state index in [0.29, 0.717) is 55.3 Å². The van der Waals surface area contributed by atoms with Crippen LogP contribution < -0.4 is 10.1 Å². The molecule has 1 N–H and O–H groups in total. The second-order valence-corrected chi connectivity index (χ2v) is 7.31. The van der Waals surface area contributed by atoms with Gasteiger partial charge >= 0.3 is 0 Å². The van der Waals surface area contributed by atoms with Gasteiger partial charge in [-0.25, -0.2) is 0 Å². The normalized spacial score (nSPS) is 17.5. The number of ether oxygens (including phenoxy) is 1. The van der Waals surface area contributed by atoms with Crippen molar-refractivity contribution in [3.63, 3.8) is 0 Å². The lowest BCUT2D eigenvalue weighted by molar-refractivity contribution is -0.0251. The van der Waals surface area contributed by atoms with E-state index in [9.17, 15) is 9.59 Å². The highest BCUT2D eigenvalue weighted by Gasteiger charge is 2.43. The van der Waals surface area contributed by atoms with Gasteiger partial charge in [0.2, 0.25) is 0 Å². The number of rotatable bonds is 3. The highest BCUT2D eigenvalue weighted by atomic mass is 16.5. The smallest absolute Gasteiger partial charge is 0.289 e. The minimum atomic E-state index is -0.767. The summed E-state index contributed by atoms with van der Waals surface area (Å²) in [7, 11) is 0. The van der Waals surface area contributed by atoms with Gasteiger partial charge in [0.25, 0.3) is 11.8 Å². The number of hydrogen-bond donors (Lipinski definition) is 1. The number of para-hydroxylation sites is 1. The quantitative estimate of drug-likeness (QED) is 0.739. The predicted molar refractivity (Wildman–Crippen MR) is 102 cm³/mol. The molecule has 0 saturated carbocycles. The van der Waals surface area contributed by atoms with E-state index in [1.165, 1.54) is 0 Å². The Kier molecular flexibility index (Phi) is 4.12. The molecule has 2 amide bonds. The fraction of sp³-hybridized carbons (Fsp3) is 0.286. The number of likely N-dealkylation sites (tertiary alicyclic amines) is 1. The second kappa shape index (κ2) is 6.80. The van der Waals surface area contributed by atoms with Crippen molar-refractivity contribution in [1.82, 2.24) is 20.0 Å². The molecule has 5 rings (SSSR count). The van der Waals surface area contributed by atoms with E-state index in [4.69, 9.17) is 9.15 Å². The molecule has 1 spiro atoms. The molecule has 4 heterocycles. The number of carbonyl (C=O) groups excluding carboxylic acids is 2. The standard InChI is InChI=1S/C21H20N4O4/c26-19-16-4-1-2-5-17(16)29-21(23-19)8-12-24(13-9-21)20(27)18-7-6-15(28-18)14-25-11-3-10-22-25/h1-7,10-11H,8-9,12-14H2,(H,23,26). The van der Waals surface area contributed by atoms with Gasteiger partial charge < -0.3 is 19.4 Å². The summed E-state index contributed by atoms with van der Waals surface area (Å²) < 4.78 is 13.6. The molecule has 2 aliphatic rings. The van der Waals surface area contributed by atoms with E-state index in [0.717, 1.165) is 0 Å². The van der Waals surface area contributed by atoms with Crippen LogP contribution in [-0.2, 0) is 6.54 Å². The van der Waals surface area contributed by atoms with Gasteiger partial charge in [-0.1, -0.05) is 12.1 Å². The van der Waals surface area contributed by atoms with Crippen LogP contribution in [0, 0.1) is 0 Å². The maximum absolute atomic E-state index is 12.8. The molecule has 0 aliphatic carbocycles. The van der Waals surface area contributed by atoms with Crippen LogP contribution in [0.15, 0.2) is 59.3 Å². The Labute approximate surface area is 167 Å². The molecule has 0 bridgehead atoms. The van der Waals surface area contributed by atoms with Crippen LogP contribution in [0.2, 0.25) is 0 Å². The van der Waals surface area contributed by atoms with Crippen molar-refractivity contribution in [1.29, 1.82) is 0 Å². The van der Waals surface area contributed by atoms with E-state index >= 15 is 0 Å². The number of fused-ring (bicyclic) bond motifs is 1. The molecule has 148 valence electrons. The molecule has 2 aromatic heterocycles. The zero-order chi connectivity index (χ0) is 19.8. The van der Waals surface area contributed by atoms with Crippen LogP contribution >= 0.6 is 0 Å². The number of aromatic nitrogens is 2. The van der Waals surface area contributed by atoms with E-state index < -0.39 is 5.72 Å². The minimum absolute atomic E-state index is 0.138. The van der Waals surface area contributed by atoms with E-state index in [1.807, 2.05) is 24.4 Å². The van der Waals surface area contributed by atoms with Crippen molar-refractivity contribution < 1.29 is 18.7 Å². The molecule has 8 nitrogen and oxygen atoms in total. The van der Waals surface area contributed by atoms with E-state index in [2.05, 4.69) is 10.4 Å². The summed E-state index contributed by atoms with van der Waals surface area (Å²) in [6.45, 7) is 1.41. The fourth-order valence-electron chi connectivity index (χ4n) is 3.84. The lowest BCUT2D eigenvalue weighted by Crippen LogP contribution is -2.61. The topological polar surface area (TPSA) is 89.6 Å². The summed E-state index contributed by atoms with van der Waals surface area (Å²) in [5.41, 5.74) is -0.228. The van der Waals surface area contributed by atoms with Crippen molar-refractivity contribution in [2.45, 2.75) is 25.1 Å². The van der Waals surface area contributed by atoms with Crippen LogP contribution in [0.3, 0.4) is 0 Å². The number of carbonyl (C=O) groups is 2. The first-order chi connectivity index (χ1) is 14.1. The number of furan rings is 1. The second-order valence-electron chi connectivity index (χ2n) is 7.31. The highest BCUT2D eigenvalue weighted by Crippen LogP contribution is 2.33. The summed E-state index contributed by atoms with van der Waals surface area (Å²) in [6.07, 6.45) is 4.56. The van der Waals surface area contributed by atoms with Gasteiger partial charge in [-0.15, -0.1) is 0 Å². The molecular weight excluding hydrogens is 372 g/mol. The van der Waals surface area contributed by atoms with Crippen LogP contribution in [-0.4, -0.2) is 45.3 Å². The van der Waals surface area contributed by atoms with Crippen LogP contribution in [0.4, 0.5) is 0 Å². The number of amides is 2. The number of piperidine rings is 1. The van der Waals surface area contributed by atoms with Crippen LogP contribution in [0.25, 0.3) is 0 Å². The lowest BCUT2D eigenvalue weighted by Gasteiger charge is -2.44. The number of nitrogens with one attached hydrogen (secondary N) is 1. The van der Waals surface area contributed by atoms with E-state index in [1.54, 1.807) is 40.0 Å². The van der Waals surface area contributed by atoms with Crippen LogP contribution in [0.1, 0.15) is 39.5 Å². The van der Waals surface area contributed by atoms with Gasteiger partial charge in [0.05, 0.1) is 12.1 Å². The summed E-state index contributed by atoms with van der Waals surface area (Å²) in [5, 5.41) is 7.12. The van der Waals surface area contributed by atoms with Gasteiger partial charge in [0.15, 0.2) is 11.5 Å². The van der Waals surface area contributed by atoms with Crippen molar-refractivity contribution in [3.8, 4) is 5.75 Å². The summed E-state index contributed by atoms with van der Waals surface area (Å²) >= 11 is 0. The molecule has 0 unspecified atom stereocenters. The Morgan fingerprint density at radius 2 is 1.97 bits per heavy atom. The maximum Gasteiger partial charge on any atom is 0.289 e. The summed E-state index contributed by atoms with van der Waals surface area (Å²) in [5.74, 6) is 1.27. The average molecular weight is 392 g/mol. The van der Waals surface area contributed by atoms with Gasteiger partial charge in [-0.2, -0.15) is 5.10 Å². The molecule has 3 aromatic rings. The molecule has 29 heavy (non-hydrogen) atoms. The number of nitrogens with zero attached hydrogens (tertiary/aromatic N) is 3. The third kappa shape index (κ3) is 3.26. The molecule has 1 saturated heterocycles. The van der Waals surface area contributed by atoms with Gasteiger partial charge in [0, 0.05) is 38.3 Å². The molecular formula is C21H20N4O4. The molecule has 0 atom stereocenters. The maximum atomic E-state index is 12.8. The minimum Gasteiger partial charge on any atom is -0.467 e. The monoisotopic (exact) mass is 392 g/mol. The molecule has 1 aromatic carbocycles.